The van der Waals surface area contributed by atoms with Gasteiger partial charge in [0.1, 0.15) is 18.1 Å². The largest absolute Gasteiger partial charge is 0.478 e. The van der Waals surface area contributed by atoms with Gasteiger partial charge in [0, 0.05) is 5.69 Å². The molecule has 0 aliphatic carbocycles. The van der Waals surface area contributed by atoms with Crippen LogP contribution in [0.2, 0.25) is 0 Å². The van der Waals surface area contributed by atoms with E-state index >= 15 is 0 Å². The highest BCUT2D eigenvalue weighted by molar-refractivity contribution is 6.06. The van der Waals surface area contributed by atoms with Crippen molar-refractivity contribution in [1.82, 2.24) is 0 Å². The van der Waals surface area contributed by atoms with E-state index in [-0.39, 0.29) is 24.2 Å². The number of nitrogens with one attached hydrogen (secondary N) is 1. The zero-order chi connectivity index (χ0) is 18.0. The van der Waals surface area contributed by atoms with Crippen LogP contribution < -0.4 is 15.0 Å². The highest BCUT2D eigenvalue weighted by Crippen LogP contribution is 2.35. The van der Waals surface area contributed by atoms with Crippen LogP contribution in [0.1, 0.15) is 18.9 Å². The summed E-state index contributed by atoms with van der Waals surface area (Å²) in [6, 6.07) is 11.0. The number of anilines is 2. The van der Waals surface area contributed by atoms with E-state index in [0.717, 1.165) is 5.56 Å². The van der Waals surface area contributed by atoms with Crippen molar-refractivity contribution in [3.8, 4) is 5.75 Å². The zero-order valence-electron chi connectivity index (χ0n) is 14.1. The lowest BCUT2D eigenvalue weighted by molar-refractivity contribution is -0.128. The zero-order valence-corrected chi connectivity index (χ0v) is 14.1. The molecule has 5 nitrogen and oxygen atoms in total. The summed E-state index contributed by atoms with van der Waals surface area (Å²) in [5, 5.41) is 2.67. The van der Waals surface area contributed by atoms with E-state index in [1.54, 1.807) is 0 Å². The van der Waals surface area contributed by atoms with Crippen molar-refractivity contribution in [1.29, 1.82) is 0 Å². The normalized spacial score (nSPS) is 16.2. The van der Waals surface area contributed by atoms with Gasteiger partial charge in [-0.25, -0.2) is 4.39 Å². The van der Waals surface area contributed by atoms with E-state index in [1.807, 2.05) is 32.0 Å². The van der Waals surface area contributed by atoms with Gasteiger partial charge in [-0.15, -0.1) is 0 Å². The molecule has 1 unspecified atom stereocenters. The number of rotatable bonds is 4. The number of amides is 2. The molecule has 2 aromatic carbocycles. The molecule has 0 saturated carbocycles. The first-order chi connectivity index (χ1) is 12.0. The molecule has 3 rings (SSSR count). The molecule has 25 heavy (non-hydrogen) atoms. The minimum Gasteiger partial charge on any atom is -0.478 e. The maximum absolute atomic E-state index is 13.0. The van der Waals surface area contributed by atoms with Crippen molar-refractivity contribution >= 4 is 23.2 Å². The van der Waals surface area contributed by atoms with Crippen LogP contribution >= 0.6 is 0 Å². The number of hydrogen-bond donors (Lipinski definition) is 1. The number of carbonyl (C=O) groups excluding carboxylic acids is 2. The van der Waals surface area contributed by atoms with Crippen LogP contribution in [0.15, 0.2) is 42.5 Å². The van der Waals surface area contributed by atoms with Crippen molar-refractivity contribution in [3.05, 3.63) is 53.8 Å². The first-order valence-corrected chi connectivity index (χ1v) is 8.12. The summed E-state index contributed by atoms with van der Waals surface area (Å²) in [6.45, 7) is 3.64. The van der Waals surface area contributed by atoms with E-state index < -0.39 is 6.10 Å². The molecule has 0 aromatic heterocycles. The summed E-state index contributed by atoms with van der Waals surface area (Å²) >= 11 is 0. The van der Waals surface area contributed by atoms with E-state index in [4.69, 9.17) is 4.74 Å². The standard InChI is InChI=1S/C19H19FN2O3/c1-3-16-19(24)22(15-10-12(2)4-9-17(15)25-16)11-18(23)21-14-7-5-13(20)6-8-14/h4-10,16H,3,11H2,1-2H3,(H,21,23). The Balaban J connectivity index is 1.82. The first kappa shape index (κ1) is 17.0. The van der Waals surface area contributed by atoms with E-state index in [0.29, 0.717) is 23.5 Å². The van der Waals surface area contributed by atoms with Crippen LogP contribution in [0.25, 0.3) is 0 Å². The van der Waals surface area contributed by atoms with Gasteiger partial charge in [0.2, 0.25) is 5.91 Å². The number of benzene rings is 2. The maximum Gasteiger partial charge on any atom is 0.268 e. The average molecular weight is 342 g/mol. The van der Waals surface area contributed by atoms with Crippen molar-refractivity contribution in [3.63, 3.8) is 0 Å². The van der Waals surface area contributed by atoms with Crippen molar-refractivity contribution in [2.75, 3.05) is 16.8 Å². The predicted molar refractivity (Wildman–Crippen MR) is 93.3 cm³/mol. The molecule has 1 heterocycles. The molecule has 2 amide bonds. The van der Waals surface area contributed by atoms with Gasteiger partial charge >= 0.3 is 0 Å². The number of halogens is 1. The molecule has 130 valence electrons. The summed E-state index contributed by atoms with van der Waals surface area (Å²) in [7, 11) is 0. The fourth-order valence-electron chi connectivity index (χ4n) is 2.73. The lowest BCUT2D eigenvalue weighted by Gasteiger charge is -2.33. The van der Waals surface area contributed by atoms with E-state index in [9.17, 15) is 14.0 Å². The fourth-order valence-corrected chi connectivity index (χ4v) is 2.73. The number of fused-ring (bicyclic) bond motifs is 1. The van der Waals surface area contributed by atoms with Crippen LogP contribution in [0.4, 0.5) is 15.8 Å². The smallest absolute Gasteiger partial charge is 0.268 e. The second-order valence-electron chi connectivity index (χ2n) is 5.97. The Morgan fingerprint density at radius 3 is 2.64 bits per heavy atom. The quantitative estimate of drug-likeness (QED) is 0.928. The number of ether oxygens (including phenoxy) is 1. The summed E-state index contributed by atoms with van der Waals surface area (Å²) in [6.07, 6.45) is -0.0868. The van der Waals surface area contributed by atoms with Crippen LogP contribution in [0.3, 0.4) is 0 Å². The van der Waals surface area contributed by atoms with Gasteiger partial charge in [-0.05, 0) is 55.3 Å². The van der Waals surface area contributed by atoms with Crippen molar-refractivity contribution < 1.29 is 18.7 Å². The summed E-state index contributed by atoms with van der Waals surface area (Å²) in [4.78, 5) is 26.4. The topological polar surface area (TPSA) is 58.6 Å². The molecule has 6 heteroatoms. The molecule has 1 atom stereocenters. The Labute approximate surface area is 145 Å². The molecule has 0 spiro atoms. The summed E-state index contributed by atoms with van der Waals surface area (Å²) < 4.78 is 18.7. The third-order valence-electron chi connectivity index (χ3n) is 4.02. The van der Waals surface area contributed by atoms with Gasteiger partial charge in [-0.1, -0.05) is 13.0 Å². The van der Waals surface area contributed by atoms with Gasteiger partial charge in [-0.3, -0.25) is 14.5 Å². The lowest BCUT2D eigenvalue weighted by Crippen LogP contribution is -2.48. The number of hydrogen-bond acceptors (Lipinski definition) is 3. The minimum absolute atomic E-state index is 0.132. The molecule has 0 saturated heterocycles. The molecule has 1 aliphatic rings. The average Bonchev–Trinajstić information content (AvgIpc) is 2.59. The Bertz CT molecular complexity index is 805. The van der Waals surface area contributed by atoms with Gasteiger partial charge in [0.25, 0.3) is 5.91 Å². The van der Waals surface area contributed by atoms with Gasteiger partial charge in [-0.2, -0.15) is 0 Å². The molecule has 0 fully saturated rings. The number of carbonyl (C=O) groups is 2. The third-order valence-corrected chi connectivity index (χ3v) is 4.02. The minimum atomic E-state index is -0.603. The molecule has 0 bridgehead atoms. The summed E-state index contributed by atoms with van der Waals surface area (Å²) in [5.74, 6) is -0.387. The molecule has 0 radical (unpaired) electrons. The Hall–Kier alpha value is -2.89. The Morgan fingerprint density at radius 1 is 1.24 bits per heavy atom. The van der Waals surface area contributed by atoms with E-state index in [1.165, 1.54) is 29.2 Å². The number of nitrogens with zero attached hydrogens (tertiary/aromatic N) is 1. The number of aryl methyl sites for hydroxylation is 1. The second kappa shape index (κ2) is 6.93. The SMILES string of the molecule is CCC1Oc2ccc(C)cc2N(CC(=O)Nc2ccc(F)cc2)C1=O. The molecular weight excluding hydrogens is 323 g/mol. The van der Waals surface area contributed by atoms with Crippen LogP contribution in [0.5, 0.6) is 5.75 Å². The van der Waals surface area contributed by atoms with Gasteiger partial charge in [0.05, 0.1) is 5.69 Å². The van der Waals surface area contributed by atoms with Crippen molar-refractivity contribution in [2.24, 2.45) is 0 Å². The molecule has 2 aromatic rings. The van der Waals surface area contributed by atoms with E-state index in [2.05, 4.69) is 5.32 Å². The highest BCUT2D eigenvalue weighted by atomic mass is 19.1. The second-order valence-corrected chi connectivity index (χ2v) is 5.97. The highest BCUT2D eigenvalue weighted by Gasteiger charge is 2.34. The molecular formula is C19H19FN2O3. The monoisotopic (exact) mass is 342 g/mol. The lowest BCUT2D eigenvalue weighted by atomic mass is 10.1. The maximum atomic E-state index is 13.0. The molecule has 1 aliphatic heterocycles. The van der Waals surface area contributed by atoms with Crippen LogP contribution in [-0.2, 0) is 9.59 Å². The fraction of sp³-hybridized carbons (Fsp3) is 0.263. The van der Waals surface area contributed by atoms with Gasteiger partial charge < -0.3 is 10.1 Å². The Kier molecular flexibility index (Phi) is 4.70. The first-order valence-electron chi connectivity index (χ1n) is 8.12. The Morgan fingerprint density at radius 2 is 1.96 bits per heavy atom. The third kappa shape index (κ3) is 3.63. The van der Waals surface area contributed by atoms with Crippen LogP contribution in [-0.4, -0.2) is 24.5 Å². The van der Waals surface area contributed by atoms with Crippen LogP contribution in [0, 0.1) is 12.7 Å². The molecule has 1 N–H and O–H groups in total. The van der Waals surface area contributed by atoms with Crippen molar-refractivity contribution in [2.45, 2.75) is 26.4 Å². The van der Waals surface area contributed by atoms with Gasteiger partial charge in [0.15, 0.2) is 6.10 Å². The predicted octanol–water partition coefficient (Wildman–Crippen LogP) is 3.28. The summed E-state index contributed by atoms with van der Waals surface area (Å²) in [5.41, 5.74) is 2.03.